The number of carbonyl (C=O) groups excluding carboxylic acids is 1. The molecule has 2 amide bonds. The summed E-state index contributed by atoms with van der Waals surface area (Å²) in [7, 11) is 0. The largest absolute Gasteiger partial charge is 0.338 e. The zero-order valence-electron chi connectivity index (χ0n) is 15.2. The SMILES string of the molecule is NC1CC(CCNC(=O)N2CCCC(Cc3nnc4ccccn34)C2)C1. The molecule has 4 rings (SSSR count). The van der Waals surface area contributed by atoms with Crippen molar-refractivity contribution >= 4 is 11.7 Å². The van der Waals surface area contributed by atoms with E-state index in [-0.39, 0.29) is 6.03 Å². The number of fused-ring (bicyclic) bond motifs is 1. The topological polar surface area (TPSA) is 88.5 Å². The summed E-state index contributed by atoms with van der Waals surface area (Å²) < 4.78 is 2.04. The summed E-state index contributed by atoms with van der Waals surface area (Å²) >= 11 is 0. The van der Waals surface area contributed by atoms with E-state index in [1.54, 1.807) is 0 Å². The van der Waals surface area contributed by atoms with Crippen molar-refractivity contribution < 1.29 is 4.79 Å². The summed E-state index contributed by atoms with van der Waals surface area (Å²) in [5, 5.41) is 11.6. The molecular formula is C19H28N6O. The van der Waals surface area contributed by atoms with Crippen LogP contribution in [0.5, 0.6) is 0 Å². The molecular weight excluding hydrogens is 328 g/mol. The van der Waals surface area contributed by atoms with Gasteiger partial charge in [-0.15, -0.1) is 10.2 Å². The van der Waals surface area contributed by atoms with Gasteiger partial charge in [-0.25, -0.2) is 4.79 Å². The van der Waals surface area contributed by atoms with Crippen molar-refractivity contribution in [2.45, 2.75) is 44.6 Å². The first-order chi connectivity index (χ1) is 12.7. The van der Waals surface area contributed by atoms with Crippen molar-refractivity contribution in [3.8, 4) is 0 Å². The van der Waals surface area contributed by atoms with E-state index in [1.165, 1.54) is 0 Å². The molecule has 140 valence electrons. The number of aromatic nitrogens is 3. The molecule has 1 unspecified atom stereocenters. The lowest BCUT2D eigenvalue weighted by Crippen LogP contribution is -2.47. The van der Waals surface area contributed by atoms with Gasteiger partial charge in [-0.1, -0.05) is 6.07 Å². The van der Waals surface area contributed by atoms with E-state index >= 15 is 0 Å². The molecule has 1 atom stereocenters. The van der Waals surface area contributed by atoms with Crippen molar-refractivity contribution in [1.82, 2.24) is 24.8 Å². The molecule has 1 aliphatic carbocycles. The Balaban J connectivity index is 1.27. The summed E-state index contributed by atoms with van der Waals surface area (Å²) in [5.74, 6) is 2.11. The first-order valence-corrected chi connectivity index (χ1v) is 9.76. The molecule has 0 bridgehead atoms. The number of rotatable bonds is 5. The molecule has 2 fully saturated rings. The van der Waals surface area contributed by atoms with Gasteiger partial charge < -0.3 is 16.0 Å². The molecule has 3 N–H and O–H groups in total. The van der Waals surface area contributed by atoms with Crippen molar-refractivity contribution in [3.05, 3.63) is 30.2 Å². The van der Waals surface area contributed by atoms with Gasteiger partial charge in [0, 0.05) is 38.3 Å². The molecule has 7 nitrogen and oxygen atoms in total. The first-order valence-electron chi connectivity index (χ1n) is 9.76. The predicted molar refractivity (Wildman–Crippen MR) is 99.7 cm³/mol. The van der Waals surface area contributed by atoms with Crippen molar-refractivity contribution in [1.29, 1.82) is 0 Å². The van der Waals surface area contributed by atoms with Crippen molar-refractivity contribution in [3.63, 3.8) is 0 Å². The van der Waals surface area contributed by atoms with E-state index in [1.807, 2.05) is 33.7 Å². The second-order valence-electron chi connectivity index (χ2n) is 7.82. The molecule has 26 heavy (non-hydrogen) atoms. The summed E-state index contributed by atoms with van der Waals surface area (Å²) in [6.07, 6.45) is 8.29. The Morgan fingerprint density at radius 1 is 1.27 bits per heavy atom. The van der Waals surface area contributed by atoms with Crippen LogP contribution in [0.4, 0.5) is 4.79 Å². The highest BCUT2D eigenvalue weighted by Crippen LogP contribution is 2.28. The van der Waals surface area contributed by atoms with Crippen LogP contribution < -0.4 is 11.1 Å². The van der Waals surface area contributed by atoms with Gasteiger partial charge in [0.2, 0.25) is 0 Å². The Bertz CT molecular complexity index is 753. The predicted octanol–water partition coefficient (Wildman–Crippen LogP) is 1.82. The minimum Gasteiger partial charge on any atom is -0.338 e. The van der Waals surface area contributed by atoms with Gasteiger partial charge in [-0.3, -0.25) is 4.40 Å². The third-order valence-corrected chi connectivity index (χ3v) is 5.76. The highest BCUT2D eigenvalue weighted by atomic mass is 16.2. The highest BCUT2D eigenvalue weighted by molar-refractivity contribution is 5.74. The number of nitrogens with two attached hydrogens (primary N) is 1. The minimum absolute atomic E-state index is 0.0735. The number of hydrogen-bond acceptors (Lipinski definition) is 4. The maximum atomic E-state index is 12.5. The molecule has 2 aromatic heterocycles. The molecule has 7 heteroatoms. The summed E-state index contributed by atoms with van der Waals surface area (Å²) in [6, 6.07) is 6.38. The third kappa shape index (κ3) is 3.82. The Kier molecular flexibility index (Phi) is 5.06. The average molecular weight is 356 g/mol. The molecule has 0 aromatic carbocycles. The minimum atomic E-state index is 0.0735. The number of carbonyl (C=O) groups is 1. The van der Waals surface area contributed by atoms with Gasteiger partial charge in [0.05, 0.1) is 0 Å². The van der Waals surface area contributed by atoms with Crippen LogP contribution in [0.15, 0.2) is 24.4 Å². The lowest BCUT2D eigenvalue weighted by atomic mass is 9.79. The van der Waals surface area contributed by atoms with Gasteiger partial charge in [0.1, 0.15) is 5.82 Å². The van der Waals surface area contributed by atoms with E-state index < -0.39 is 0 Å². The van der Waals surface area contributed by atoms with Crippen LogP contribution >= 0.6 is 0 Å². The Labute approximate surface area is 154 Å². The number of piperidine rings is 1. The molecule has 0 spiro atoms. The summed E-state index contributed by atoms with van der Waals surface area (Å²) in [4.78, 5) is 14.4. The van der Waals surface area contributed by atoms with E-state index in [4.69, 9.17) is 5.73 Å². The molecule has 1 saturated carbocycles. The van der Waals surface area contributed by atoms with Crippen LogP contribution in [0, 0.1) is 11.8 Å². The van der Waals surface area contributed by atoms with Crippen LogP contribution in [0.1, 0.15) is 37.9 Å². The molecule has 3 heterocycles. The monoisotopic (exact) mass is 356 g/mol. The number of pyridine rings is 1. The Hall–Kier alpha value is -2.15. The van der Waals surface area contributed by atoms with Crippen LogP contribution in [0.2, 0.25) is 0 Å². The summed E-state index contributed by atoms with van der Waals surface area (Å²) in [6.45, 7) is 2.39. The fourth-order valence-electron chi connectivity index (χ4n) is 4.22. The number of amides is 2. The van der Waals surface area contributed by atoms with Gasteiger partial charge in [0.15, 0.2) is 5.65 Å². The van der Waals surface area contributed by atoms with E-state index in [9.17, 15) is 4.79 Å². The van der Waals surface area contributed by atoms with Gasteiger partial charge in [0.25, 0.3) is 0 Å². The number of nitrogens with one attached hydrogen (secondary N) is 1. The fraction of sp³-hybridized carbons (Fsp3) is 0.632. The van der Waals surface area contributed by atoms with Crippen LogP contribution in [0.3, 0.4) is 0 Å². The number of likely N-dealkylation sites (tertiary alicyclic amines) is 1. The maximum absolute atomic E-state index is 12.5. The second-order valence-corrected chi connectivity index (χ2v) is 7.82. The van der Waals surface area contributed by atoms with E-state index in [0.29, 0.717) is 17.9 Å². The third-order valence-electron chi connectivity index (χ3n) is 5.76. The zero-order chi connectivity index (χ0) is 17.9. The smallest absolute Gasteiger partial charge is 0.317 e. The molecule has 1 saturated heterocycles. The standard InChI is InChI=1S/C19H28N6O/c20-16-10-14(11-16)6-7-21-19(26)24-8-3-4-15(13-24)12-18-23-22-17-5-1-2-9-25(17)18/h1-2,5,9,14-16H,3-4,6-8,10-13,20H2,(H,21,26). The van der Waals surface area contributed by atoms with Gasteiger partial charge in [-0.2, -0.15) is 0 Å². The molecule has 2 aliphatic rings. The number of nitrogens with zero attached hydrogens (tertiary/aromatic N) is 4. The van der Waals surface area contributed by atoms with Crippen molar-refractivity contribution in [2.24, 2.45) is 17.6 Å². The van der Waals surface area contributed by atoms with Gasteiger partial charge >= 0.3 is 6.03 Å². The quantitative estimate of drug-likeness (QED) is 0.855. The lowest BCUT2D eigenvalue weighted by Gasteiger charge is -2.34. The van der Waals surface area contributed by atoms with Crippen LogP contribution in [-0.2, 0) is 6.42 Å². The second kappa shape index (κ2) is 7.61. The zero-order valence-corrected chi connectivity index (χ0v) is 15.2. The van der Waals surface area contributed by atoms with Crippen molar-refractivity contribution in [2.75, 3.05) is 19.6 Å². The van der Waals surface area contributed by atoms with E-state index in [2.05, 4.69) is 15.5 Å². The molecule has 2 aromatic rings. The number of hydrogen-bond donors (Lipinski definition) is 2. The van der Waals surface area contributed by atoms with Crippen LogP contribution in [-0.4, -0.2) is 51.2 Å². The average Bonchev–Trinajstić information content (AvgIpc) is 3.03. The Morgan fingerprint density at radius 2 is 2.15 bits per heavy atom. The molecule has 1 aliphatic heterocycles. The van der Waals surface area contributed by atoms with E-state index in [0.717, 1.165) is 69.6 Å². The molecule has 0 radical (unpaired) electrons. The Morgan fingerprint density at radius 3 is 3.00 bits per heavy atom. The highest BCUT2D eigenvalue weighted by Gasteiger charge is 2.27. The van der Waals surface area contributed by atoms with Gasteiger partial charge in [-0.05, 0) is 56.1 Å². The number of urea groups is 1. The fourth-order valence-corrected chi connectivity index (χ4v) is 4.22. The lowest BCUT2D eigenvalue weighted by molar-refractivity contribution is 0.162. The normalized spacial score (nSPS) is 25.9. The maximum Gasteiger partial charge on any atom is 0.317 e. The summed E-state index contributed by atoms with van der Waals surface area (Å²) in [5.41, 5.74) is 6.69. The van der Waals surface area contributed by atoms with Crippen LogP contribution in [0.25, 0.3) is 5.65 Å². The first kappa shape index (κ1) is 17.3.